The Bertz CT molecular complexity index is 482. The lowest BCUT2D eigenvalue weighted by atomic mass is 10.0. The summed E-state index contributed by atoms with van der Waals surface area (Å²) in [5, 5.41) is 1.19. The van der Waals surface area contributed by atoms with Gasteiger partial charge in [-0.3, -0.25) is 4.79 Å². The average Bonchev–Trinajstić information content (AvgIpc) is 2.60. The molecule has 0 saturated carbocycles. The first kappa shape index (κ1) is 9.41. The number of fused-ring (bicyclic) bond motifs is 1. The van der Waals surface area contributed by atoms with Gasteiger partial charge in [-0.1, -0.05) is 19.1 Å². The van der Waals surface area contributed by atoms with Crippen LogP contribution in [0.4, 0.5) is 0 Å². The molecule has 1 aromatic heterocycles. The lowest BCUT2D eigenvalue weighted by molar-refractivity contribution is 0.112. The maximum absolute atomic E-state index is 10.7. The van der Waals surface area contributed by atoms with Gasteiger partial charge in [-0.15, -0.1) is 11.3 Å². The van der Waals surface area contributed by atoms with Crippen LogP contribution in [0.5, 0.6) is 0 Å². The van der Waals surface area contributed by atoms with Crippen molar-refractivity contribution in [2.75, 3.05) is 0 Å². The number of hydrogen-bond acceptors (Lipinski definition) is 2. The zero-order chi connectivity index (χ0) is 10.1. The summed E-state index contributed by atoms with van der Waals surface area (Å²) in [4.78, 5) is 11.5. The molecule has 0 atom stereocenters. The number of hydrogen-bond donors (Lipinski definition) is 0. The summed E-state index contributed by atoms with van der Waals surface area (Å²) in [5.74, 6) is 0. The predicted molar refractivity (Wildman–Crippen MR) is 61.3 cm³/mol. The van der Waals surface area contributed by atoms with Crippen molar-refractivity contribution in [1.29, 1.82) is 0 Å². The number of carbonyl (C=O) groups excluding carboxylic acids is 1. The summed E-state index contributed by atoms with van der Waals surface area (Å²) in [7, 11) is 0. The summed E-state index contributed by atoms with van der Waals surface area (Å²) < 4.78 is 1.27. The van der Waals surface area contributed by atoms with Gasteiger partial charge in [-0.05, 0) is 35.9 Å². The second-order valence-electron chi connectivity index (χ2n) is 3.40. The molecule has 0 unspecified atom stereocenters. The van der Waals surface area contributed by atoms with Gasteiger partial charge in [0.1, 0.15) is 0 Å². The second kappa shape index (κ2) is 3.54. The van der Waals surface area contributed by atoms with E-state index in [9.17, 15) is 4.79 Å². The van der Waals surface area contributed by atoms with Crippen LogP contribution in [0.25, 0.3) is 10.1 Å². The topological polar surface area (TPSA) is 17.1 Å². The van der Waals surface area contributed by atoms with Gasteiger partial charge in [0.2, 0.25) is 0 Å². The molecule has 0 saturated heterocycles. The molecule has 0 fully saturated rings. The lowest BCUT2D eigenvalue weighted by Gasteiger charge is -2.03. The van der Waals surface area contributed by atoms with Crippen molar-refractivity contribution in [3.05, 3.63) is 34.2 Å². The average molecular weight is 204 g/mol. The molecule has 0 aliphatic heterocycles. The first-order chi connectivity index (χ1) is 6.76. The minimum atomic E-state index is 0.820. The van der Waals surface area contributed by atoms with E-state index in [1.54, 1.807) is 11.3 Å². The molecule has 2 rings (SSSR count). The number of carbonyl (C=O) groups is 1. The van der Waals surface area contributed by atoms with Crippen molar-refractivity contribution in [3.8, 4) is 0 Å². The van der Waals surface area contributed by atoms with Crippen molar-refractivity contribution in [2.24, 2.45) is 0 Å². The standard InChI is InChI=1S/C12H12OS/c1-3-11-8(2)4-5-9-6-10(7-13)14-12(9)11/h4-7H,3H2,1-2H3. The van der Waals surface area contributed by atoms with E-state index in [0.29, 0.717) is 0 Å². The van der Waals surface area contributed by atoms with Crippen molar-refractivity contribution < 1.29 is 4.79 Å². The third-order valence-electron chi connectivity index (χ3n) is 2.51. The molecule has 72 valence electrons. The van der Waals surface area contributed by atoms with E-state index in [-0.39, 0.29) is 0 Å². The fourth-order valence-electron chi connectivity index (χ4n) is 1.78. The van der Waals surface area contributed by atoms with Gasteiger partial charge in [0, 0.05) is 4.70 Å². The summed E-state index contributed by atoms with van der Waals surface area (Å²) in [6.45, 7) is 4.28. The second-order valence-corrected chi connectivity index (χ2v) is 4.48. The van der Waals surface area contributed by atoms with E-state index in [1.807, 2.05) is 6.07 Å². The molecule has 0 aliphatic carbocycles. The molecule has 1 nitrogen and oxygen atoms in total. The van der Waals surface area contributed by atoms with Crippen LogP contribution in [-0.2, 0) is 6.42 Å². The Hall–Kier alpha value is -1.15. The molecule has 2 aromatic rings. The lowest BCUT2D eigenvalue weighted by Crippen LogP contribution is -1.84. The smallest absolute Gasteiger partial charge is 0.160 e. The molecule has 0 amide bonds. The van der Waals surface area contributed by atoms with Gasteiger partial charge in [0.15, 0.2) is 6.29 Å². The number of thiophene rings is 1. The van der Waals surface area contributed by atoms with Gasteiger partial charge < -0.3 is 0 Å². The zero-order valence-electron chi connectivity index (χ0n) is 8.33. The monoisotopic (exact) mass is 204 g/mol. The van der Waals surface area contributed by atoms with E-state index in [2.05, 4.69) is 26.0 Å². The van der Waals surface area contributed by atoms with Crippen LogP contribution < -0.4 is 0 Å². The minimum absolute atomic E-state index is 0.820. The van der Waals surface area contributed by atoms with Crippen LogP contribution in [0.15, 0.2) is 18.2 Å². The molecule has 0 spiro atoms. The van der Waals surface area contributed by atoms with E-state index in [0.717, 1.165) is 17.6 Å². The van der Waals surface area contributed by atoms with Crippen LogP contribution in [-0.4, -0.2) is 6.29 Å². The molecule has 0 radical (unpaired) electrons. The molecule has 1 heterocycles. The highest BCUT2D eigenvalue weighted by molar-refractivity contribution is 7.20. The van der Waals surface area contributed by atoms with Gasteiger partial charge in [0.25, 0.3) is 0 Å². The minimum Gasteiger partial charge on any atom is -0.297 e. The predicted octanol–water partition coefficient (Wildman–Crippen LogP) is 3.58. The van der Waals surface area contributed by atoms with Crippen LogP contribution in [0, 0.1) is 6.92 Å². The van der Waals surface area contributed by atoms with E-state index in [1.165, 1.54) is 21.2 Å². The van der Waals surface area contributed by atoms with Crippen molar-refractivity contribution >= 4 is 27.7 Å². The van der Waals surface area contributed by atoms with Crippen LogP contribution in [0.2, 0.25) is 0 Å². The van der Waals surface area contributed by atoms with Gasteiger partial charge >= 0.3 is 0 Å². The van der Waals surface area contributed by atoms with Gasteiger partial charge in [-0.25, -0.2) is 0 Å². The van der Waals surface area contributed by atoms with Gasteiger partial charge in [0.05, 0.1) is 4.88 Å². The number of aldehydes is 1. The number of benzene rings is 1. The Morgan fingerprint density at radius 2 is 2.21 bits per heavy atom. The highest BCUT2D eigenvalue weighted by atomic mass is 32.1. The van der Waals surface area contributed by atoms with Crippen molar-refractivity contribution in [2.45, 2.75) is 20.3 Å². The number of rotatable bonds is 2. The Morgan fingerprint density at radius 3 is 2.86 bits per heavy atom. The van der Waals surface area contributed by atoms with E-state index < -0.39 is 0 Å². The molecule has 14 heavy (non-hydrogen) atoms. The summed E-state index contributed by atoms with van der Waals surface area (Å²) in [5.41, 5.74) is 2.69. The molecule has 0 bridgehead atoms. The quantitative estimate of drug-likeness (QED) is 0.683. The van der Waals surface area contributed by atoms with Crippen LogP contribution in [0.1, 0.15) is 27.7 Å². The van der Waals surface area contributed by atoms with Crippen molar-refractivity contribution in [3.63, 3.8) is 0 Å². The Balaban J connectivity index is 2.79. The van der Waals surface area contributed by atoms with E-state index >= 15 is 0 Å². The number of aryl methyl sites for hydroxylation is 2. The van der Waals surface area contributed by atoms with E-state index in [4.69, 9.17) is 0 Å². The molecular formula is C12H12OS. The summed E-state index contributed by atoms with van der Waals surface area (Å²) >= 11 is 1.59. The molecule has 0 N–H and O–H groups in total. The largest absolute Gasteiger partial charge is 0.297 e. The SMILES string of the molecule is CCc1c(C)ccc2cc(C=O)sc12. The highest BCUT2D eigenvalue weighted by Gasteiger charge is 2.06. The first-order valence-electron chi connectivity index (χ1n) is 4.73. The van der Waals surface area contributed by atoms with Crippen LogP contribution >= 0.6 is 11.3 Å². The fraction of sp³-hybridized carbons (Fsp3) is 0.250. The third kappa shape index (κ3) is 1.36. The first-order valence-corrected chi connectivity index (χ1v) is 5.55. The normalized spacial score (nSPS) is 10.7. The summed E-state index contributed by atoms with van der Waals surface area (Å²) in [6.07, 6.45) is 1.96. The molecule has 0 aliphatic rings. The maximum atomic E-state index is 10.7. The Morgan fingerprint density at radius 1 is 1.43 bits per heavy atom. The summed E-state index contributed by atoms with van der Waals surface area (Å²) in [6, 6.07) is 6.18. The Labute approximate surface area is 87.4 Å². The third-order valence-corrected chi connectivity index (χ3v) is 3.65. The zero-order valence-corrected chi connectivity index (χ0v) is 9.15. The highest BCUT2D eigenvalue weighted by Crippen LogP contribution is 2.30. The molecule has 1 aromatic carbocycles. The Kier molecular flexibility index (Phi) is 2.38. The maximum Gasteiger partial charge on any atom is 0.160 e. The fourth-order valence-corrected chi connectivity index (χ4v) is 2.92. The molecule has 2 heteroatoms. The van der Waals surface area contributed by atoms with Crippen LogP contribution in [0.3, 0.4) is 0 Å². The van der Waals surface area contributed by atoms with Crippen molar-refractivity contribution in [1.82, 2.24) is 0 Å². The molecular weight excluding hydrogens is 192 g/mol. The van der Waals surface area contributed by atoms with Gasteiger partial charge in [-0.2, -0.15) is 0 Å².